The second-order valence-corrected chi connectivity index (χ2v) is 4.07. The van der Waals surface area contributed by atoms with Gasteiger partial charge in [0.1, 0.15) is 17.4 Å². The molecule has 1 heterocycles. The molecule has 5 heteroatoms. The average Bonchev–Trinajstić information content (AvgIpc) is 2.44. The molecule has 1 aromatic heterocycles. The number of rotatable bonds is 3. The zero-order chi connectivity index (χ0) is 13.8. The Morgan fingerprint density at radius 3 is 2.63 bits per heavy atom. The van der Waals surface area contributed by atoms with E-state index in [1.54, 1.807) is 7.11 Å². The van der Waals surface area contributed by atoms with E-state index in [0.717, 1.165) is 16.9 Å². The van der Waals surface area contributed by atoms with Crippen molar-refractivity contribution in [2.24, 2.45) is 0 Å². The summed E-state index contributed by atoms with van der Waals surface area (Å²) in [4.78, 5) is 0. The van der Waals surface area contributed by atoms with Crippen molar-refractivity contribution in [3.8, 4) is 11.8 Å². The number of para-hydroxylation sites is 2. The molecule has 0 spiro atoms. The van der Waals surface area contributed by atoms with Crippen molar-refractivity contribution in [2.75, 3.05) is 12.4 Å². The third-order valence-electron chi connectivity index (χ3n) is 2.93. The molecule has 1 N–H and O–H groups in total. The van der Waals surface area contributed by atoms with E-state index in [9.17, 15) is 5.26 Å². The van der Waals surface area contributed by atoms with Crippen LogP contribution in [0, 0.1) is 25.2 Å². The first-order valence-electron chi connectivity index (χ1n) is 5.81. The topological polar surface area (TPSA) is 70.8 Å². The number of aryl methyl sites for hydroxylation is 1. The molecule has 0 saturated carbocycles. The van der Waals surface area contributed by atoms with Crippen molar-refractivity contribution in [3.63, 3.8) is 0 Å². The van der Waals surface area contributed by atoms with Crippen LogP contribution in [0.1, 0.15) is 16.8 Å². The highest BCUT2D eigenvalue weighted by molar-refractivity contribution is 5.68. The molecule has 0 aliphatic carbocycles. The van der Waals surface area contributed by atoms with Crippen LogP contribution in [0.3, 0.4) is 0 Å². The lowest BCUT2D eigenvalue weighted by atomic mass is 10.1. The predicted molar refractivity (Wildman–Crippen MR) is 72.5 cm³/mol. The molecule has 0 amide bonds. The lowest BCUT2D eigenvalue weighted by molar-refractivity contribution is 0.417. The van der Waals surface area contributed by atoms with Crippen LogP contribution in [0.5, 0.6) is 5.75 Å². The van der Waals surface area contributed by atoms with Gasteiger partial charge >= 0.3 is 0 Å². The summed E-state index contributed by atoms with van der Waals surface area (Å²) in [6.07, 6.45) is 0. The van der Waals surface area contributed by atoms with Crippen LogP contribution >= 0.6 is 0 Å². The smallest absolute Gasteiger partial charge is 0.171 e. The molecule has 0 unspecified atom stereocenters. The molecule has 0 radical (unpaired) electrons. The fraction of sp³-hybridized carbons (Fsp3) is 0.214. The number of nitrogens with zero attached hydrogens (tertiary/aromatic N) is 3. The molecule has 2 rings (SSSR count). The van der Waals surface area contributed by atoms with E-state index in [1.165, 1.54) is 0 Å². The number of nitriles is 1. The van der Waals surface area contributed by atoms with Crippen LogP contribution in [0.4, 0.5) is 11.5 Å². The molecule has 0 aliphatic heterocycles. The number of aromatic nitrogens is 2. The number of ether oxygens (including phenoxy) is 1. The van der Waals surface area contributed by atoms with Crippen LogP contribution in [-0.4, -0.2) is 17.3 Å². The number of methoxy groups -OCH3 is 1. The summed E-state index contributed by atoms with van der Waals surface area (Å²) in [5.74, 6) is 1.13. The Morgan fingerprint density at radius 1 is 1.21 bits per heavy atom. The second-order valence-electron chi connectivity index (χ2n) is 4.07. The predicted octanol–water partition coefficient (Wildman–Crippen LogP) is 2.72. The Bertz CT molecular complexity index is 646. The zero-order valence-electron chi connectivity index (χ0n) is 11.1. The number of hydrogen-bond acceptors (Lipinski definition) is 5. The molecule has 0 bridgehead atoms. The van der Waals surface area contributed by atoms with Gasteiger partial charge in [-0.2, -0.15) is 10.4 Å². The Morgan fingerprint density at radius 2 is 1.95 bits per heavy atom. The van der Waals surface area contributed by atoms with Gasteiger partial charge < -0.3 is 10.1 Å². The van der Waals surface area contributed by atoms with Gasteiger partial charge in [-0.1, -0.05) is 12.1 Å². The van der Waals surface area contributed by atoms with Gasteiger partial charge in [-0.25, -0.2) is 0 Å². The van der Waals surface area contributed by atoms with Gasteiger partial charge in [0.2, 0.25) is 0 Å². The van der Waals surface area contributed by atoms with Crippen molar-refractivity contribution >= 4 is 11.5 Å². The van der Waals surface area contributed by atoms with E-state index in [-0.39, 0.29) is 0 Å². The van der Waals surface area contributed by atoms with Crippen molar-refractivity contribution in [3.05, 3.63) is 41.1 Å². The molecule has 19 heavy (non-hydrogen) atoms. The van der Waals surface area contributed by atoms with Gasteiger partial charge in [-0.15, -0.1) is 5.10 Å². The van der Waals surface area contributed by atoms with E-state index in [4.69, 9.17) is 4.74 Å². The Kier molecular flexibility index (Phi) is 3.62. The third-order valence-corrected chi connectivity index (χ3v) is 2.93. The minimum absolute atomic E-state index is 0.440. The summed E-state index contributed by atoms with van der Waals surface area (Å²) >= 11 is 0. The maximum Gasteiger partial charge on any atom is 0.171 e. The van der Waals surface area contributed by atoms with Crippen LogP contribution < -0.4 is 10.1 Å². The Hall–Kier alpha value is -2.61. The van der Waals surface area contributed by atoms with E-state index >= 15 is 0 Å². The van der Waals surface area contributed by atoms with Gasteiger partial charge in [0.25, 0.3) is 0 Å². The number of benzene rings is 1. The first-order chi connectivity index (χ1) is 9.17. The summed E-state index contributed by atoms with van der Waals surface area (Å²) in [5.41, 5.74) is 2.83. The summed E-state index contributed by atoms with van der Waals surface area (Å²) in [5, 5.41) is 20.4. The van der Waals surface area contributed by atoms with Gasteiger partial charge in [0, 0.05) is 0 Å². The van der Waals surface area contributed by atoms with Gasteiger partial charge in [0.15, 0.2) is 5.82 Å². The summed E-state index contributed by atoms with van der Waals surface area (Å²) in [6.45, 7) is 3.69. The SMILES string of the molecule is COc1ccccc1Nc1nnc(C)c(C)c1C#N. The monoisotopic (exact) mass is 254 g/mol. The van der Waals surface area contributed by atoms with Crippen LogP contribution in [-0.2, 0) is 0 Å². The normalized spacial score (nSPS) is 9.79. The van der Waals surface area contributed by atoms with Crippen molar-refractivity contribution in [1.82, 2.24) is 10.2 Å². The maximum absolute atomic E-state index is 9.24. The lowest BCUT2D eigenvalue weighted by Crippen LogP contribution is -2.04. The second kappa shape index (κ2) is 5.36. The fourth-order valence-corrected chi connectivity index (χ4v) is 1.71. The van der Waals surface area contributed by atoms with Crippen LogP contribution in [0.25, 0.3) is 0 Å². The van der Waals surface area contributed by atoms with Gasteiger partial charge in [0.05, 0.1) is 18.5 Å². The standard InChI is InChI=1S/C14H14N4O/c1-9-10(2)17-18-14(11(9)8-15)16-12-6-4-5-7-13(12)19-3/h4-7H,1-3H3,(H,16,18). The van der Waals surface area contributed by atoms with E-state index in [1.807, 2.05) is 38.1 Å². The lowest BCUT2D eigenvalue weighted by Gasteiger charge is -2.12. The molecule has 1 aromatic carbocycles. The number of nitrogens with one attached hydrogen (secondary N) is 1. The van der Waals surface area contributed by atoms with Crippen molar-refractivity contribution in [1.29, 1.82) is 5.26 Å². The molecule has 5 nitrogen and oxygen atoms in total. The molecule has 2 aromatic rings. The largest absolute Gasteiger partial charge is 0.495 e. The molecule has 0 atom stereocenters. The van der Waals surface area contributed by atoms with E-state index in [2.05, 4.69) is 21.6 Å². The Balaban J connectivity index is 2.45. The molecule has 0 fully saturated rings. The van der Waals surface area contributed by atoms with Crippen LogP contribution in [0.15, 0.2) is 24.3 Å². The Labute approximate surface area is 111 Å². The highest BCUT2D eigenvalue weighted by atomic mass is 16.5. The minimum atomic E-state index is 0.440. The molecular formula is C14H14N4O. The average molecular weight is 254 g/mol. The molecular weight excluding hydrogens is 240 g/mol. The van der Waals surface area contributed by atoms with E-state index < -0.39 is 0 Å². The van der Waals surface area contributed by atoms with Gasteiger partial charge in [-0.3, -0.25) is 0 Å². The number of anilines is 2. The van der Waals surface area contributed by atoms with E-state index in [0.29, 0.717) is 17.1 Å². The van der Waals surface area contributed by atoms with Crippen molar-refractivity contribution in [2.45, 2.75) is 13.8 Å². The molecule has 96 valence electrons. The minimum Gasteiger partial charge on any atom is -0.495 e. The summed E-state index contributed by atoms with van der Waals surface area (Å²) in [7, 11) is 1.60. The molecule has 0 saturated heterocycles. The summed E-state index contributed by atoms with van der Waals surface area (Å²) in [6, 6.07) is 9.61. The highest BCUT2D eigenvalue weighted by Crippen LogP contribution is 2.28. The third kappa shape index (κ3) is 2.47. The fourth-order valence-electron chi connectivity index (χ4n) is 1.71. The quantitative estimate of drug-likeness (QED) is 0.911. The highest BCUT2D eigenvalue weighted by Gasteiger charge is 2.12. The van der Waals surface area contributed by atoms with Crippen LogP contribution in [0.2, 0.25) is 0 Å². The van der Waals surface area contributed by atoms with Crippen molar-refractivity contribution < 1.29 is 4.74 Å². The molecule has 0 aliphatic rings. The zero-order valence-corrected chi connectivity index (χ0v) is 11.1. The number of hydrogen-bond donors (Lipinski definition) is 1. The first-order valence-corrected chi connectivity index (χ1v) is 5.81. The van der Waals surface area contributed by atoms with Gasteiger partial charge in [-0.05, 0) is 31.5 Å². The maximum atomic E-state index is 9.24. The summed E-state index contributed by atoms with van der Waals surface area (Å²) < 4.78 is 5.25. The first kappa shape index (κ1) is 12.8.